The minimum absolute atomic E-state index is 0.00381. The standard InChI is InChI=1S/C31H28N2O4/c1-36-25-19-11-9-17-23(25)29-27(21-13-5-3-6-14-21)31(34)28(22-15-7-4-8-16-22)30(33(29)32-35)24-18-10-12-20-26(24)37-2/h3-20,27-30H,1-2H3/t27-,28+,29-,30+. The molecule has 4 aromatic carbocycles. The normalized spacial score (nSPS) is 21.4. The van der Waals surface area contributed by atoms with E-state index in [1.165, 1.54) is 5.01 Å². The van der Waals surface area contributed by atoms with E-state index in [2.05, 4.69) is 5.29 Å². The zero-order valence-electron chi connectivity index (χ0n) is 20.7. The van der Waals surface area contributed by atoms with Crippen LogP contribution in [0.15, 0.2) is 114 Å². The van der Waals surface area contributed by atoms with Crippen molar-refractivity contribution in [2.45, 2.75) is 23.9 Å². The minimum Gasteiger partial charge on any atom is -0.496 e. The molecule has 0 bridgehead atoms. The van der Waals surface area contributed by atoms with Crippen LogP contribution in [0.4, 0.5) is 0 Å². The summed E-state index contributed by atoms with van der Waals surface area (Å²) in [4.78, 5) is 27.6. The highest BCUT2D eigenvalue weighted by atomic mass is 16.5. The van der Waals surface area contributed by atoms with E-state index in [1.54, 1.807) is 14.2 Å². The van der Waals surface area contributed by atoms with E-state index < -0.39 is 23.9 Å². The molecule has 0 amide bonds. The van der Waals surface area contributed by atoms with Crippen molar-refractivity contribution in [3.8, 4) is 11.5 Å². The first kappa shape index (κ1) is 24.3. The molecule has 0 aromatic heterocycles. The van der Waals surface area contributed by atoms with Gasteiger partial charge in [0.2, 0.25) is 0 Å². The van der Waals surface area contributed by atoms with Gasteiger partial charge in [0.15, 0.2) is 5.78 Å². The highest BCUT2D eigenvalue weighted by Crippen LogP contribution is 2.55. The summed E-state index contributed by atoms with van der Waals surface area (Å²) in [5.41, 5.74) is 3.07. The van der Waals surface area contributed by atoms with Gasteiger partial charge in [-0.05, 0) is 23.3 Å². The lowest BCUT2D eigenvalue weighted by atomic mass is 9.69. The number of carbonyl (C=O) groups is 1. The summed E-state index contributed by atoms with van der Waals surface area (Å²) in [5.74, 6) is -0.138. The molecule has 0 unspecified atom stereocenters. The number of piperidine rings is 1. The molecule has 1 saturated heterocycles. The van der Waals surface area contributed by atoms with Crippen LogP contribution >= 0.6 is 0 Å². The van der Waals surface area contributed by atoms with Crippen LogP contribution in [0, 0.1) is 4.91 Å². The molecule has 186 valence electrons. The molecule has 6 nitrogen and oxygen atoms in total. The monoisotopic (exact) mass is 492 g/mol. The second-order valence-electron chi connectivity index (χ2n) is 9.01. The van der Waals surface area contributed by atoms with Gasteiger partial charge < -0.3 is 9.47 Å². The molecular weight excluding hydrogens is 464 g/mol. The fourth-order valence-electron chi connectivity index (χ4n) is 5.56. The number of hydrogen-bond donors (Lipinski definition) is 0. The number of nitrogens with zero attached hydrogens (tertiary/aromatic N) is 2. The Kier molecular flexibility index (Phi) is 6.99. The van der Waals surface area contributed by atoms with Crippen LogP contribution in [-0.2, 0) is 4.79 Å². The lowest BCUT2D eigenvalue weighted by Crippen LogP contribution is -2.46. The number of methoxy groups -OCH3 is 2. The number of ketones is 1. The van der Waals surface area contributed by atoms with Gasteiger partial charge in [0.1, 0.15) is 11.5 Å². The fourth-order valence-corrected chi connectivity index (χ4v) is 5.56. The first-order valence-corrected chi connectivity index (χ1v) is 12.2. The summed E-state index contributed by atoms with van der Waals surface area (Å²) in [5, 5.41) is 5.15. The Morgan fingerprint density at radius 2 is 0.973 bits per heavy atom. The number of nitroso groups, excluding NO2 is 1. The Morgan fingerprint density at radius 1 is 0.595 bits per heavy atom. The predicted molar refractivity (Wildman–Crippen MR) is 142 cm³/mol. The van der Waals surface area contributed by atoms with Crippen molar-refractivity contribution >= 4 is 5.78 Å². The molecule has 6 heteroatoms. The van der Waals surface area contributed by atoms with E-state index in [9.17, 15) is 9.70 Å². The second kappa shape index (κ2) is 10.7. The van der Waals surface area contributed by atoms with Crippen LogP contribution in [0.5, 0.6) is 11.5 Å². The molecule has 0 radical (unpaired) electrons. The quantitative estimate of drug-likeness (QED) is 0.271. The fraction of sp³-hybridized carbons (Fsp3) is 0.194. The topological polar surface area (TPSA) is 68.2 Å². The van der Waals surface area contributed by atoms with Gasteiger partial charge in [-0.15, -0.1) is 4.91 Å². The molecule has 1 aliphatic heterocycles. The molecule has 4 aromatic rings. The highest BCUT2D eigenvalue weighted by molar-refractivity contribution is 5.94. The Hall–Kier alpha value is -4.45. The maximum absolute atomic E-state index is 14.7. The molecule has 4 atom stereocenters. The van der Waals surface area contributed by atoms with Crippen LogP contribution in [0.1, 0.15) is 46.2 Å². The van der Waals surface area contributed by atoms with Crippen molar-refractivity contribution in [2.24, 2.45) is 5.29 Å². The van der Waals surface area contributed by atoms with E-state index in [0.29, 0.717) is 11.5 Å². The molecule has 5 rings (SSSR count). The van der Waals surface area contributed by atoms with Gasteiger partial charge in [0.25, 0.3) is 0 Å². The third-order valence-corrected chi connectivity index (χ3v) is 7.14. The van der Waals surface area contributed by atoms with E-state index in [4.69, 9.17) is 9.47 Å². The van der Waals surface area contributed by atoms with E-state index in [1.807, 2.05) is 109 Å². The van der Waals surface area contributed by atoms with Gasteiger partial charge in [-0.2, -0.15) is 0 Å². The predicted octanol–water partition coefficient (Wildman–Crippen LogP) is 6.62. The molecule has 1 aliphatic rings. The largest absolute Gasteiger partial charge is 0.496 e. The van der Waals surface area contributed by atoms with Crippen molar-refractivity contribution < 1.29 is 14.3 Å². The zero-order chi connectivity index (χ0) is 25.8. The Morgan fingerprint density at radius 3 is 1.35 bits per heavy atom. The van der Waals surface area contributed by atoms with Gasteiger partial charge in [-0.3, -0.25) is 4.79 Å². The summed E-state index contributed by atoms with van der Waals surface area (Å²) in [6.07, 6.45) is 0. The van der Waals surface area contributed by atoms with Crippen molar-refractivity contribution in [3.05, 3.63) is 136 Å². The van der Waals surface area contributed by atoms with Gasteiger partial charge in [-0.1, -0.05) is 97.1 Å². The molecule has 1 heterocycles. The van der Waals surface area contributed by atoms with Crippen molar-refractivity contribution in [2.75, 3.05) is 14.2 Å². The maximum atomic E-state index is 14.7. The van der Waals surface area contributed by atoms with Gasteiger partial charge in [0.05, 0.1) is 43.4 Å². The van der Waals surface area contributed by atoms with E-state index >= 15 is 0 Å². The summed E-state index contributed by atoms with van der Waals surface area (Å²) in [6.45, 7) is 0. The number of benzene rings is 4. The molecule has 0 N–H and O–H groups in total. The summed E-state index contributed by atoms with van der Waals surface area (Å²) in [7, 11) is 3.17. The lowest BCUT2D eigenvalue weighted by Gasteiger charge is -2.47. The van der Waals surface area contributed by atoms with Crippen LogP contribution in [0.2, 0.25) is 0 Å². The van der Waals surface area contributed by atoms with Crippen LogP contribution < -0.4 is 9.47 Å². The molecule has 0 saturated carbocycles. The van der Waals surface area contributed by atoms with Gasteiger partial charge in [0, 0.05) is 11.1 Å². The first-order valence-electron chi connectivity index (χ1n) is 12.2. The zero-order valence-corrected chi connectivity index (χ0v) is 20.7. The molecule has 37 heavy (non-hydrogen) atoms. The smallest absolute Gasteiger partial charge is 0.152 e. The average molecular weight is 493 g/mol. The van der Waals surface area contributed by atoms with Crippen molar-refractivity contribution in [3.63, 3.8) is 0 Å². The Balaban J connectivity index is 1.81. The maximum Gasteiger partial charge on any atom is 0.152 e. The van der Waals surface area contributed by atoms with Crippen LogP contribution in [-0.4, -0.2) is 25.0 Å². The van der Waals surface area contributed by atoms with Crippen LogP contribution in [0.25, 0.3) is 0 Å². The SMILES string of the molecule is COc1ccccc1[C@@H]1[C@@H](c2ccccc2)C(=O)[C@@H](c2ccccc2)[C@H](c2ccccc2OC)N1N=O. The molecule has 0 aliphatic carbocycles. The van der Waals surface area contributed by atoms with Crippen LogP contribution in [0.3, 0.4) is 0 Å². The van der Waals surface area contributed by atoms with E-state index in [-0.39, 0.29) is 5.78 Å². The third-order valence-electron chi connectivity index (χ3n) is 7.14. The molecular formula is C31H28N2O4. The number of carbonyl (C=O) groups excluding carboxylic acids is 1. The number of para-hydroxylation sites is 2. The van der Waals surface area contributed by atoms with Gasteiger partial charge >= 0.3 is 0 Å². The van der Waals surface area contributed by atoms with Gasteiger partial charge in [-0.25, -0.2) is 5.01 Å². The summed E-state index contributed by atoms with van der Waals surface area (Å²) >= 11 is 0. The Labute approximate surface area is 216 Å². The van der Waals surface area contributed by atoms with E-state index in [0.717, 1.165) is 22.3 Å². The Bertz CT molecular complexity index is 1280. The third kappa shape index (κ3) is 4.35. The van der Waals surface area contributed by atoms with Crippen molar-refractivity contribution in [1.29, 1.82) is 0 Å². The van der Waals surface area contributed by atoms with Crippen molar-refractivity contribution in [1.82, 2.24) is 5.01 Å². The molecule has 0 spiro atoms. The molecule has 1 fully saturated rings. The highest BCUT2D eigenvalue weighted by Gasteiger charge is 2.52. The lowest BCUT2D eigenvalue weighted by molar-refractivity contribution is -0.131. The number of rotatable bonds is 7. The summed E-state index contributed by atoms with van der Waals surface area (Å²) < 4.78 is 11.4. The summed E-state index contributed by atoms with van der Waals surface area (Å²) in [6, 6.07) is 32.8. The first-order chi connectivity index (χ1) is 18.2. The second-order valence-corrected chi connectivity index (χ2v) is 9.01. The number of ether oxygens (including phenoxy) is 2. The number of hydrogen-bond acceptors (Lipinski definition) is 5. The minimum atomic E-state index is -0.696. The number of Topliss-reactive ketones (excluding diaryl/α,β-unsaturated/α-hetero) is 1. The average Bonchev–Trinajstić information content (AvgIpc) is 2.97.